The molecule has 0 aromatic carbocycles. The zero-order valence-electron chi connectivity index (χ0n) is 10.2. The highest BCUT2D eigenvalue weighted by Gasteiger charge is 2.29. The SMILES string of the molecule is CCC(O)(Cc1ccccn1)c1ccc(F)cn1. The summed E-state index contributed by atoms with van der Waals surface area (Å²) in [4.78, 5) is 8.16. The largest absolute Gasteiger partial charge is 0.383 e. The minimum absolute atomic E-state index is 0.364. The summed E-state index contributed by atoms with van der Waals surface area (Å²) in [6, 6.07) is 8.37. The number of halogens is 1. The Morgan fingerprint density at radius 3 is 2.61 bits per heavy atom. The molecule has 0 bridgehead atoms. The van der Waals surface area contributed by atoms with Crippen molar-refractivity contribution in [1.29, 1.82) is 0 Å². The van der Waals surface area contributed by atoms with Gasteiger partial charge in [-0.25, -0.2) is 4.39 Å². The molecule has 0 fully saturated rings. The average molecular weight is 246 g/mol. The third kappa shape index (κ3) is 2.71. The maximum Gasteiger partial charge on any atom is 0.141 e. The summed E-state index contributed by atoms with van der Waals surface area (Å²) in [6.07, 6.45) is 3.66. The van der Waals surface area contributed by atoms with Crippen molar-refractivity contribution >= 4 is 0 Å². The van der Waals surface area contributed by atoms with Crippen LogP contribution in [0.4, 0.5) is 4.39 Å². The molecule has 2 rings (SSSR count). The van der Waals surface area contributed by atoms with E-state index in [1.807, 2.05) is 25.1 Å². The van der Waals surface area contributed by atoms with Crippen molar-refractivity contribution in [3.63, 3.8) is 0 Å². The zero-order chi connectivity index (χ0) is 13.0. The molecule has 18 heavy (non-hydrogen) atoms. The number of nitrogens with zero attached hydrogens (tertiary/aromatic N) is 2. The molecule has 0 aliphatic heterocycles. The van der Waals surface area contributed by atoms with Crippen LogP contribution in [-0.2, 0) is 12.0 Å². The molecule has 0 saturated carbocycles. The maximum absolute atomic E-state index is 12.8. The van der Waals surface area contributed by atoms with Crippen LogP contribution in [0.5, 0.6) is 0 Å². The Balaban J connectivity index is 2.28. The predicted molar refractivity (Wildman–Crippen MR) is 66.3 cm³/mol. The second-order valence-corrected chi connectivity index (χ2v) is 4.24. The van der Waals surface area contributed by atoms with Gasteiger partial charge in [0, 0.05) is 18.3 Å². The number of pyridine rings is 2. The van der Waals surface area contributed by atoms with E-state index < -0.39 is 11.4 Å². The number of hydrogen-bond acceptors (Lipinski definition) is 3. The van der Waals surface area contributed by atoms with Crippen LogP contribution in [0, 0.1) is 5.82 Å². The van der Waals surface area contributed by atoms with Crippen molar-refractivity contribution in [2.24, 2.45) is 0 Å². The van der Waals surface area contributed by atoms with Crippen molar-refractivity contribution in [2.75, 3.05) is 0 Å². The van der Waals surface area contributed by atoms with Gasteiger partial charge in [-0.05, 0) is 30.7 Å². The lowest BCUT2D eigenvalue weighted by Crippen LogP contribution is -2.29. The molecule has 4 heteroatoms. The first-order valence-electron chi connectivity index (χ1n) is 5.88. The lowest BCUT2D eigenvalue weighted by Gasteiger charge is -2.25. The van der Waals surface area contributed by atoms with Crippen LogP contribution < -0.4 is 0 Å². The lowest BCUT2D eigenvalue weighted by molar-refractivity contribution is 0.0272. The fourth-order valence-electron chi connectivity index (χ4n) is 1.85. The molecule has 2 aromatic heterocycles. The Morgan fingerprint density at radius 1 is 1.22 bits per heavy atom. The standard InChI is InChI=1S/C14H15FN2O/c1-2-14(18,9-12-5-3-4-8-16-12)13-7-6-11(15)10-17-13/h3-8,10,18H,2,9H2,1H3. The molecule has 0 radical (unpaired) electrons. The highest BCUT2D eigenvalue weighted by atomic mass is 19.1. The quantitative estimate of drug-likeness (QED) is 0.901. The molecule has 0 amide bonds. The van der Waals surface area contributed by atoms with E-state index >= 15 is 0 Å². The van der Waals surface area contributed by atoms with Gasteiger partial charge in [0.15, 0.2) is 0 Å². The average Bonchev–Trinajstić information content (AvgIpc) is 2.40. The van der Waals surface area contributed by atoms with Crippen molar-refractivity contribution in [3.8, 4) is 0 Å². The minimum Gasteiger partial charge on any atom is -0.383 e. The summed E-state index contributed by atoms with van der Waals surface area (Å²) in [5.74, 6) is -0.407. The summed E-state index contributed by atoms with van der Waals surface area (Å²) in [5.41, 5.74) is 0.146. The van der Waals surface area contributed by atoms with Crippen molar-refractivity contribution < 1.29 is 9.50 Å². The molecule has 0 aliphatic rings. The monoisotopic (exact) mass is 246 g/mol. The molecular formula is C14H15FN2O. The Bertz CT molecular complexity index is 501. The summed E-state index contributed by atoms with van der Waals surface area (Å²) < 4.78 is 12.8. The number of aliphatic hydroxyl groups is 1. The molecule has 1 unspecified atom stereocenters. The van der Waals surface area contributed by atoms with Gasteiger partial charge < -0.3 is 5.11 Å². The van der Waals surface area contributed by atoms with Gasteiger partial charge in [0.1, 0.15) is 11.4 Å². The van der Waals surface area contributed by atoms with Crippen LogP contribution >= 0.6 is 0 Å². The lowest BCUT2D eigenvalue weighted by atomic mass is 9.90. The van der Waals surface area contributed by atoms with Gasteiger partial charge in [0.05, 0.1) is 11.9 Å². The van der Waals surface area contributed by atoms with Gasteiger partial charge in [0.2, 0.25) is 0 Å². The highest BCUT2D eigenvalue weighted by molar-refractivity contribution is 5.18. The second-order valence-electron chi connectivity index (χ2n) is 4.24. The van der Waals surface area contributed by atoms with E-state index in [1.54, 1.807) is 6.20 Å². The van der Waals surface area contributed by atoms with Crippen LogP contribution in [0.1, 0.15) is 24.7 Å². The smallest absolute Gasteiger partial charge is 0.141 e. The first-order chi connectivity index (χ1) is 8.64. The summed E-state index contributed by atoms with van der Waals surface area (Å²) in [7, 11) is 0. The Labute approximate surface area is 105 Å². The first kappa shape index (κ1) is 12.6. The third-order valence-corrected chi connectivity index (χ3v) is 2.99. The summed E-state index contributed by atoms with van der Waals surface area (Å²) in [6.45, 7) is 1.87. The summed E-state index contributed by atoms with van der Waals surface area (Å²) in [5, 5.41) is 10.6. The molecular weight excluding hydrogens is 231 g/mol. The Hall–Kier alpha value is -1.81. The molecule has 0 spiro atoms. The van der Waals surface area contributed by atoms with Gasteiger partial charge in [-0.15, -0.1) is 0 Å². The van der Waals surface area contributed by atoms with Gasteiger partial charge in [-0.3, -0.25) is 9.97 Å². The van der Waals surface area contributed by atoms with E-state index in [0.29, 0.717) is 18.5 Å². The van der Waals surface area contributed by atoms with E-state index in [4.69, 9.17) is 0 Å². The van der Waals surface area contributed by atoms with Gasteiger partial charge in [0.25, 0.3) is 0 Å². The van der Waals surface area contributed by atoms with Gasteiger partial charge >= 0.3 is 0 Å². The van der Waals surface area contributed by atoms with Crippen LogP contribution in [0.3, 0.4) is 0 Å². The topological polar surface area (TPSA) is 46.0 Å². The molecule has 1 N–H and O–H groups in total. The van der Waals surface area contributed by atoms with E-state index in [1.165, 1.54) is 12.1 Å². The number of aromatic nitrogens is 2. The van der Waals surface area contributed by atoms with E-state index in [-0.39, 0.29) is 0 Å². The Morgan fingerprint density at radius 2 is 2.06 bits per heavy atom. The van der Waals surface area contributed by atoms with Crippen LogP contribution in [0.2, 0.25) is 0 Å². The zero-order valence-corrected chi connectivity index (χ0v) is 10.2. The predicted octanol–water partition coefficient (Wildman–Crippen LogP) is 2.46. The normalized spacial score (nSPS) is 14.2. The minimum atomic E-state index is -1.11. The molecule has 0 saturated heterocycles. The van der Waals surface area contributed by atoms with Crippen molar-refractivity contribution in [2.45, 2.75) is 25.4 Å². The van der Waals surface area contributed by atoms with Crippen LogP contribution in [0.15, 0.2) is 42.7 Å². The van der Waals surface area contributed by atoms with Crippen LogP contribution in [-0.4, -0.2) is 15.1 Å². The van der Waals surface area contributed by atoms with Gasteiger partial charge in [-0.1, -0.05) is 13.0 Å². The van der Waals surface area contributed by atoms with E-state index in [9.17, 15) is 9.50 Å². The number of rotatable bonds is 4. The molecule has 1 atom stereocenters. The first-order valence-corrected chi connectivity index (χ1v) is 5.88. The summed E-state index contributed by atoms with van der Waals surface area (Å²) >= 11 is 0. The molecule has 2 aromatic rings. The van der Waals surface area contributed by atoms with Crippen molar-refractivity contribution in [3.05, 3.63) is 59.9 Å². The fraction of sp³-hybridized carbons (Fsp3) is 0.286. The Kier molecular flexibility index (Phi) is 3.67. The second kappa shape index (κ2) is 5.23. The van der Waals surface area contributed by atoms with E-state index in [0.717, 1.165) is 11.9 Å². The number of hydrogen-bond donors (Lipinski definition) is 1. The highest BCUT2D eigenvalue weighted by Crippen LogP contribution is 2.27. The van der Waals surface area contributed by atoms with Gasteiger partial charge in [-0.2, -0.15) is 0 Å². The molecule has 94 valence electrons. The maximum atomic E-state index is 12.8. The van der Waals surface area contributed by atoms with E-state index in [2.05, 4.69) is 9.97 Å². The molecule has 2 heterocycles. The third-order valence-electron chi connectivity index (χ3n) is 2.99. The fourth-order valence-corrected chi connectivity index (χ4v) is 1.85. The van der Waals surface area contributed by atoms with Crippen molar-refractivity contribution in [1.82, 2.24) is 9.97 Å². The molecule has 3 nitrogen and oxygen atoms in total. The molecule has 0 aliphatic carbocycles. The van der Waals surface area contributed by atoms with Crippen LogP contribution in [0.25, 0.3) is 0 Å².